The van der Waals surface area contributed by atoms with Crippen molar-refractivity contribution in [3.05, 3.63) is 30.3 Å². The van der Waals surface area contributed by atoms with E-state index >= 15 is 0 Å². The minimum Gasteiger partial charge on any atom is -0.484 e. The largest absolute Gasteiger partial charge is 0.484 e. The van der Waals surface area contributed by atoms with Gasteiger partial charge in [-0.25, -0.2) is 8.42 Å². The van der Waals surface area contributed by atoms with Crippen molar-refractivity contribution in [1.82, 2.24) is 10.6 Å². The zero-order chi connectivity index (χ0) is 14.8. The fraction of sp³-hybridized carbons (Fsp3) is 0.333. The maximum absolute atomic E-state index is 11.6. The summed E-state index contributed by atoms with van der Waals surface area (Å²) in [6.45, 7) is -0.287. The van der Waals surface area contributed by atoms with Crippen LogP contribution in [0.4, 0.5) is 0 Å². The van der Waals surface area contributed by atoms with E-state index in [4.69, 9.17) is 4.74 Å². The number of carbonyl (C=O) groups is 2. The van der Waals surface area contributed by atoms with Gasteiger partial charge in [0.2, 0.25) is 5.91 Å². The van der Waals surface area contributed by atoms with Crippen molar-refractivity contribution in [3.63, 3.8) is 0 Å². The molecule has 0 aliphatic carbocycles. The molecule has 1 saturated heterocycles. The van der Waals surface area contributed by atoms with Crippen LogP contribution in [0.5, 0.6) is 5.75 Å². The zero-order valence-electron chi connectivity index (χ0n) is 10.7. The molecule has 2 atom stereocenters. The Labute approximate surface area is 116 Å². The molecule has 0 saturated carbocycles. The second-order valence-electron chi connectivity index (χ2n) is 4.41. The van der Waals surface area contributed by atoms with Gasteiger partial charge in [0.05, 0.1) is 0 Å². The minimum absolute atomic E-state index is 0.287. The predicted octanol–water partition coefficient (Wildman–Crippen LogP) is -0.949. The smallest absolute Gasteiger partial charge is 0.258 e. The Hall–Kier alpha value is -2.09. The summed E-state index contributed by atoms with van der Waals surface area (Å²) in [5.41, 5.74) is 0. The lowest BCUT2D eigenvalue weighted by atomic mass is 10.1. The number of nitrogens with one attached hydrogen (secondary N) is 2. The molecule has 1 fully saturated rings. The lowest BCUT2D eigenvalue weighted by molar-refractivity contribution is -0.135. The van der Waals surface area contributed by atoms with Gasteiger partial charge in [0.25, 0.3) is 5.91 Å². The van der Waals surface area contributed by atoms with Crippen molar-refractivity contribution in [2.45, 2.75) is 11.4 Å². The number of carbonyl (C=O) groups excluding carboxylic acids is 2. The third-order valence-corrected chi connectivity index (χ3v) is 4.07. The number of sulfone groups is 1. The molecule has 7 nitrogen and oxygen atoms in total. The van der Waals surface area contributed by atoms with Gasteiger partial charge in [0.15, 0.2) is 21.8 Å². The SMILES string of the molecule is CS(=O)(=O)[C@H]1NC(=O)[C@@H]1NC(=O)COc1ccccc1. The fourth-order valence-electron chi connectivity index (χ4n) is 1.73. The average molecular weight is 298 g/mol. The summed E-state index contributed by atoms with van der Waals surface area (Å²) in [4.78, 5) is 22.9. The Morgan fingerprint density at radius 2 is 2.00 bits per heavy atom. The molecule has 2 amide bonds. The summed E-state index contributed by atoms with van der Waals surface area (Å²) in [7, 11) is -3.45. The standard InChI is InChI=1S/C12H14N2O5S/c1-20(17,18)12-10(11(16)14-12)13-9(15)7-19-8-5-3-2-4-6-8/h2-6,10,12H,7H2,1H3,(H,13,15)(H,14,16)/t10-,12+/m0/s1. The highest BCUT2D eigenvalue weighted by atomic mass is 32.2. The van der Waals surface area contributed by atoms with E-state index in [1.165, 1.54) is 0 Å². The van der Waals surface area contributed by atoms with Crippen LogP contribution in [0, 0.1) is 0 Å². The van der Waals surface area contributed by atoms with Crippen LogP contribution in [0.1, 0.15) is 0 Å². The van der Waals surface area contributed by atoms with Crippen LogP contribution in [-0.2, 0) is 19.4 Å². The molecule has 1 heterocycles. The third-order valence-electron chi connectivity index (χ3n) is 2.76. The molecular weight excluding hydrogens is 284 g/mol. The van der Waals surface area contributed by atoms with E-state index in [0.717, 1.165) is 6.26 Å². The molecule has 2 N–H and O–H groups in total. The van der Waals surface area contributed by atoms with Crippen molar-refractivity contribution in [2.24, 2.45) is 0 Å². The summed E-state index contributed by atoms with van der Waals surface area (Å²) in [6, 6.07) is 7.63. The van der Waals surface area contributed by atoms with Crippen LogP contribution in [0.2, 0.25) is 0 Å². The first-order chi connectivity index (χ1) is 9.38. The predicted molar refractivity (Wildman–Crippen MR) is 70.6 cm³/mol. The van der Waals surface area contributed by atoms with Crippen LogP contribution < -0.4 is 15.4 Å². The van der Waals surface area contributed by atoms with Crippen molar-refractivity contribution in [2.75, 3.05) is 12.9 Å². The lowest BCUT2D eigenvalue weighted by Crippen LogP contribution is -2.71. The number of hydrogen-bond acceptors (Lipinski definition) is 5. The van der Waals surface area contributed by atoms with E-state index in [0.29, 0.717) is 5.75 Å². The van der Waals surface area contributed by atoms with E-state index in [1.54, 1.807) is 24.3 Å². The van der Waals surface area contributed by atoms with Gasteiger partial charge in [-0.2, -0.15) is 0 Å². The van der Waals surface area contributed by atoms with Crippen LogP contribution in [0.25, 0.3) is 0 Å². The summed E-state index contributed by atoms with van der Waals surface area (Å²) >= 11 is 0. The molecule has 1 aliphatic rings. The van der Waals surface area contributed by atoms with Gasteiger partial charge in [-0.1, -0.05) is 18.2 Å². The molecular formula is C12H14N2O5S. The van der Waals surface area contributed by atoms with Gasteiger partial charge in [-0.3, -0.25) is 9.59 Å². The molecule has 20 heavy (non-hydrogen) atoms. The normalized spacial score (nSPS) is 21.6. The number of benzene rings is 1. The monoisotopic (exact) mass is 298 g/mol. The summed E-state index contributed by atoms with van der Waals surface area (Å²) in [5.74, 6) is -0.559. The molecule has 0 bridgehead atoms. The van der Waals surface area contributed by atoms with E-state index in [-0.39, 0.29) is 6.61 Å². The second-order valence-corrected chi connectivity index (χ2v) is 6.57. The number of β-lactam (4-membered cyclic amide) rings is 1. The molecule has 0 unspecified atom stereocenters. The first-order valence-electron chi connectivity index (χ1n) is 5.84. The topological polar surface area (TPSA) is 102 Å². The summed E-state index contributed by atoms with van der Waals surface area (Å²) in [5, 5.41) is 3.49. The van der Waals surface area contributed by atoms with Crippen LogP contribution in [0.15, 0.2) is 30.3 Å². The lowest BCUT2D eigenvalue weighted by Gasteiger charge is -2.35. The highest BCUT2D eigenvalue weighted by molar-refractivity contribution is 7.91. The Bertz CT molecular complexity index is 614. The highest BCUT2D eigenvalue weighted by Crippen LogP contribution is 2.12. The highest BCUT2D eigenvalue weighted by Gasteiger charge is 2.46. The van der Waals surface area contributed by atoms with E-state index in [1.807, 2.05) is 6.07 Å². The molecule has 8 heteroatoms. The molecule has 1 aromatic carbocycles. The number of ether oxygens (including phenoxy) is 1. The quantitative estimate of drug-likeness (QED) is 0.683. The van der Waals surface area contributed by atoms with Crippen LogP contribution >= 0.6 is 0 Å². The van der Waals surface area contributed by atoms with Gasteiger partial charge in [-0.05, 0) is 12.1 Å². The fourth-order valence-corrected chi connectivity index (χ4v) is 2.75. The molecule has 0 aromatic heterocycles. The molecule has 108 valence electrons. The number of amides is 2. The molecule has 0 spiro atoms. The van der Waals surface area contributed by atoms with E-state index in [9.17, 15) is 18.0 Å². The van der Waals surface area contributed by atoms with E-state index < -0.39 is 33.1 Å². The zero-order valence-corrected chi connectivity index (χ0v) is 11.5. The number of hydrogen-bond donors (Lipinski definition) is 2. The maximum atomic E-state index is 11.6. The number of para-hydroxylation sites is 1. The summed E-state index contributed by atoms with van der Waals surface area (Å²) < 4.78 is 27.9. The van der Waals surface area contributed by atoms with Crippen molar-refractivity contribution < 1.29 is 22.7 Å². The van der Waals surface area contributed by atoms with Gasteiger partial charge in [-0.15, -0.1) is 0 Å². The first-order valence-corrected chi connectivity index (χ1v) is 7.80. The molecule has 1 aromatic rings. The van der Waals surface area contributed by atoms with Gasteiger partial charge in [0, 0.05) is 6.26 Å². The van der Waals surface area contributed by atoms with Crippen molar-refractivity contribution >= 4 is 21.7 Å². The number of rotatable bonds is 5. The molecule has 2 rings (SSSR count). The Morgan fingerprint density at radius 3 is 2.55 bits per heavy atom. The maximum Gasteiger partial charge on any atom is 0.258 e. The molecule has 1 aliphatic heterocycles. The van der Waals surface area contributed by atoms with Crippen molar-refractivity contribution in [3.8, 4) is 5.75 Å². The summed E-state index contributed by atoms with van der Waals surface area (Å²) in [6.07, 6.45) is 0.997. The van der Waals surface area contributed by atoms with Gasteiger partial charge >= 0.3 is 0 Å². The first kappa shape index (κ1) is 14.3. The minimum atomic E-state index is -3.45. The molecule has 0 radical (unpaired) electrons. The average Bonchev–Trinajstić information content (AvgIpc) is 2.40. The van der Waals surface area contributed by atoms with Crippen LogP contribution in [0.3, 0.4) is 0 Å². The van der Waals surface area contributed by atoms with E-state index in [2.05, 4.69) is 10.6 Å². The Balaban J connectivity index is 1.87. The Morgan fingerprint density at radius 1 is 1.35 bits per heavy atom. The van der Waals surface area contributed by atoms with Gasteiger partial charge < -0.3 is 15.4 Å². The second kappa shape index (κ2) is 5.49. The van der Waals surface area contributed by atoms with Gasteiger partial charge in [0.1, 0.15) is 11.8 Å². The third kappa shape index (κ3) is 3.27. The Kier molecular flexibility index (Phi) is 3.93. The van der Waals surface area contributed by atoms with Crippen LogP contribution in [-0.4, -0.2) is 44.5 Å². The van der Waals surface area contributed by atoms with Crippen molar-refractivity contribution in [1.29, 1.82) is 0 Å².